The molecule has 7 nitrogen and oxygen atoms in total. The number of ether oxygens (including phenoxy) is 2. The SMILES string of the molecule is Cc1ccc(S(=O)(=O)O)cc1CC(C[C@H]1CCCCOC1)NC(=O)OC(C)(C)C. The van der Waals surface area contributed by atoms with Crippen LogP contribution in [0, 0.1) is 12.8 Å². The molecular weight excluding hydrogens is 394 g/mol. The molecule has 0 aliphatic carbocycles. The Morgan fingerprint density at radius 3 is 2.72 bits per heavy atom. The Labute approximate surface area is 173 Å². The minimum atomic E-state index is -4.29. The molecule has 1 aliphatic rings. The number of carbonyl (C=O) groups excluding carboxylic acids is 1. The third-order valence-electron chi connectivity index (χ3n) is 4.93. The Morgan fingerprint density at radius 2 is 2.07 bits per heavy atom. The second-order valence-electron chi connectivity index (χ2n) is 8.78. The summed E-state index contributed by atoms with van der Waals surface area (Å²) in [5.74, 6) is 0.308. The molecular formula is C21H33NO6S. The van der Waals surface area contributed by atoms with E-state index in [0.717, 1.165) is 37.0 Å². The van der Waals surface area contributed by atoms with Crippen LogP contribution in [0.1, 0.15) is 57.6 Å². The Morgan fingerprint density at radius 1 is 1.34 bits per heavy atom. The number of carbonyl (C=O) groups is 1. The van der Waals surface area contributed by atoms with Gasteiger partial charge < -0.3 is 14.8 Å². The van der Waals surface area contributed by atoms with Crippen LogP contribution in [0.15, 0.2) is 23.1 Å². The van der Waals surface area contributed by atoms with Crippen LogP contribution in [0.4, 0.5) is 4.79 Å². The van der Waals surface area contributed by atoms with E-state index in [-0.39, 0.29) is 10.9 Å². The van der Waals surface area contributed by atoms with Gasteiger partial charge in [0.25, 0.3) is 10.1 Å². The van der Waals surface area contributed by atoms with Gasteiger partial charge >= 0.3 is 6.09 Å². The predicted octanol–water partition coefficient (Wildman–Crippen LogP) is 3.88. The lowest BCUT2D eigenvalue weighted by molar-refractivity contribution is 0.0486. The zero-order valence-electron chi connectivity index (χ0n) is 17.7. The van der Waals surface area contributed by atoms with Crippen LogP contribution >= 0.6 is 0 Å². The normalized spacial score (nSPS) is 19.3. The van der Waals surface area contributed by atoms with Crippen molar-refractivity contribution < 1.29 is 27.2 Å². The monoisotopic (exact) mass is 427 g/mol. The predicted molar refractivity (Wildman–Crippen MR) is 111 cm³/mol. The van der Waals surface area contributed by atoms with Crippen LogP contribution in [0.5, 0.6) is 0 Å². The second-order valence-corrected chi connectivity index (χ2v) is 10.2. The summed E-state index contributed by atoms with van der Waals surface area (Å²) in [5.41, 5.74) is 1.04. The molecule has 29 heavy (non-hydrogen) atoms. The molecule has 1 amide bonds. The van der Waals surface area contributed by atoms with Gasteiger partial charge in [0.2, 0.25) is 0 Å². The number of hydrogen-bond donors (Lipinski definition) is 2. The van der Waals surface area contributed by atoms with Gasteiger partial charge in [-0.25, -0.2) is 4.79 Å². The molecule has 1 unspecified atom stereocenters. The third kappa shape index (κ3) is 8.32. The van der Waals surface area contributed by atoms with Crippen molar-refractivity contribution in [2.24, 2.45) is 5.92 Å². The van der Waals surface area contributed by atoms with Gasteiger partial charge in [0.1, 0.15) is 5.60 Å². The Bertz CT molecular complexity index is 792. The van der Waals surface area contributed by atoms with Crippen molar-refractivity contribution in [1.29, 1.82) is 0 Å². The summed E-state index contributed by atoms with van der Waals surface area (Å²) in [5, 5.41) is 2.95. The standard InChI is InChI=1S/C21H33NO6S/c1-15-8-9-19(29(24,25)26)13-17(15)12-18(22-20(23)28-21(2,3)4)11-16-7-5-6-10-27-14-16/h8-9,13,16,18H,5-7,10-12,14H2,1-4H3,(H,22,23)(H,24,25,26)/t16-,18?/m1/s1. The van der Waals surface area contributed by atoms with E-state index in [4.69, 9.17) is 9.47 Å². The molecule has 1 aromatic rings. The molecule has 164 valence electrons. The lowest BCUT2D eigenvalue weighted by Gasteiger charge is -2.26. The Hall–Kier alpha value is -1.64. The van der Waals surface area contributed by atoms with Crippen LogP contribution < -0.4 is 5.32 Å². The number of benzene rings is 1. The highest BCUT2D eigenvalue weighted by Crippen LogP contribution is 2.23. The number of aryl methyl sites for hydroxylation is 1. The fraction of sp³-hybridized carbons (Fsp3) is 0.667. The van der Waals surface area contributed by atoms with Gasteiger partial charge in [0, 0.05) is 19.3 Å². The quantitative estimate of drug-likeness (QED) is 0.668. The summed E-state index contributed by atoms with van der Waals surface area (Å²) in [6, 6.07) is 4.27. The van der Waals surface area contributed by atoms with E-state index in [1.807, 2.05) is 6.92 Å². The maximum atomic E-state index is 12.4. The van der Waals surface area contributed by atoms with Gasteiger partial charge in [-0.3, -0.25) is 4.55 Å². The van der Waals surface area contributed by atoms with Crippen molar-refractivity contribution in [3.63, 3.8) is 0 Å². The minimum absolute atomic E-state index is 0.146. The van der Waals surface area contributed by atoms with Crippen LogP contribution in [-0.4, -0.2) is 43.9 Å². The maximum Gasteiger partial charge on any atom is 0.407 e. The number of amides is 1. The van der Waals surface area contributed by atoms with E-state index in [1.54, 1.807) is 26.8 Å². The van der Waals surface area contributed by atoms with Crippen molar-refractivity contribution in [2.75, 3.05) is 13.2 Å². The molecule has 8 heteroatoms. The molecule has 2 atom stereocenters. The van der Waals surface area contributed by atoms with E-state index >= 15 is 0 Å². The van der Waals surface area contributed by atoms with Gasteiger partial charge in [-0.15, -0.1) is 0 Å². The summed E-state index contributed by atoms with van der Waals surface area (Å²) in [7, 11) is -4.29. The van der Waals surface area contributed by atoms with Gasteiger partial charge in [-0.1, -0.05) is 12.5 Å². The first-order valence-corrected chi connectivity index (χ1v) is 11.5. The van der Waals surface area contributed by atoms with Crippen LogP contribution in [0.25, 0.3) is 0 Å². The summed E-state index contributed by atoms with van der Waals surface area (Å²) in [6.45, 7) is 8.70. The summed E-state index contributed by atoms with van der Waals surface area (Å²) >= 11 is 0. The molecule has 0 aromatic heterocycles. The number of rotatable bonds is 6. The highest BCUT2D eigenvalue weighted by atomic mass is 32.2. The second kappa shape index (κ2) is 9.91. The topological polar surface area (TPSA) is 102 Å². The van der Waals surface area contributed by atoms with Crippen LogP contribution in [-0.2, 0) is 26.0 Å². The number of alkyl carbamates (subject to hydrolysis) is 1. The van der Waals surface area contributed by atoms with Crippen molar-refractivity contribution >= 4 is 16.2 Å². The minimum Gasteiger partial charge on any atom is -0.444 e. The Balaban J connectivity index is 2.20. The molecule has 0 saturated carbocycles. The number of hydrogen-bond acceptors (Lipinski definition) is 5. The van der Waals surface area contributed by atoms with Crippen LogP contribution in [0.3, 0.4) is 0 Å². The molecule has 0 spiro atoms. The van der Waals surface area contributed by atoms with E-state index in [0.29, 0.717) is 25.4 Å². The molecule has 2 rings (SSSR count). The van der Waals surface area contributed by atoms with Crippen molar-refractivity contribution in [2.45, 2.75) is 76.3 Å². The summed E-state index contributed by atoms with van der Waals surface area (Å²) in [6.07, 6.45) is 3.79. The van der Waals surface area contributed by atoms with Crippen LogP contribution in [0.2, 0.25) is 0 Å². The molecule has 2 N–H and O–H groups in total. The highest BCUT2D eigenvalue weighted by Gasteiger charge is 2.24. The molecule has 1 fully saturated rings. The lowest BCUT2D eigenvalue weighted by atomic mass is 9.91. The average molecular weight is 428 g/mol. The molecule has 1 aliphatic heterocycles. The molecule has 1 aromatic carbocycles. The molecule has 1 heterocycles. The number of nitrogens with one attached hydrogen (secondary N) is 1. The first kappa shape index (κ1) is 23.6. The first-order chi connectivity index (χ1) is 13.4. The van der Waals surface area contributed by atoms with Crippen molar-refractivity contribution in [1.82, 2.24) is 5.32 Å². The van der Waals surface area contributed by atoms with Gasteiger partial charge in [0.05, 0.1) is 4.90 Å². The summed E-state index contributed by atoms with van der Waals surface area (Å²) in [4.78, 5) is 12.2. The largest absolute Gasteiger partial charge is 0.444 e. The smallest absolute Gasteiger partial charge is 0.407 e. The third-order valence-corrected chi connectivity index (χ3v) is 5.78. The van der Waals surface area contributed by atoms with E-state index in [9.17, 15) is 17.8 Å². The van der Waals surface area contributed by atoms with Gasteiger partial charge in [-0.2, -0.15) is 8.42 Å². The van der Waals surface area contributed by atoms with Gasteiger partial charge in [0.15, 0.2) is 0 Å². The lowest BCUT2D eigenvalue weighted by Crippen LogP contribution is -2.41. The fourth-order valence-corrected chi connectivity index (χ4v) is 4.05. The molecule has 0 bridgehead atoms. The summed E-state index contributed by atoms with van der Waals surface area (Å²) < 4.78 is 43.5. The molecule has 1 saturated heterocycles. The maximum absolute atomic E-state index is 12.4. The fourth-order valence-electron chi connectivity index (χ4n) is 3.52. The van der Waals surface area contributed by atoms with E-state index in [2.05, 4.69) is 5.32 Å². The zero-order valence-corrected chi connectivity index (χ0v) is 18.5. The molecule has 0 radical (unpaired) electrons. The van der Waals surface area contributed by atoms with E-state index < -0.39 is 21.8 Å². The van der Waals surface area contributed by atoms with Crippen molar-refractivity contribution in [3.05, 3.63) is 29.3 Å². The van der Waals surface area contributed by atoms with E-state index in [1.165, 1.54) is 12.1 Å². The zero-order chi connectivity index (χ0) is 21.7. The average Bonchev–Trinajstić information content (AvgIpc) is 2.82. The van der Waals surface area contributed by atoms with Gasteiger partial charge in [-0.05, 0) is 82.6 Å². The first-order valence-electron chi connectivity index (χ1n) is 10.1. The Kier molecular flexibility index (Phi) is 8.08. The van der Waals surface area contributed by atoms with Crippen molar-refractivity contribution in [3.8, 4) is 0 Å². The highest BCUT2D eigenvalue weighted by molar-refractivity contribution is 7.85.